The van der Waals surface area contributed by atoms with Gasteiger partial charge in [-0.25, -0.2) is 4.39 Å². The van der Waals surface area contributed by atoms with Crippen LogP contribution in [0, 0.1) is 5.82 Å². The number of ether oxygens (including phenoxy) is 1. The molecule has 132 valence electrons. The van der Waals surface area contributed by atoms with E-state index in [9.17, 15) is 9.18 Å². The second-order valence-corrected chi connectivity index (χ2v) is 6.35. The molecule has 1 atom stereocenters. The molecule has 1 heterocycles. The number of carbonyl (C=O) groups is 1. The molecule has 1 saturated heterocycles. The molecule has 0 bridgehead atoms. The normalized spacial score (nSPS) is 18.1. The van der Waals surface area contributed by atoms with E-state index < -0.39 is 0 Å². The first-order chi connectivity index (χ1) is 12.1. The molecule has 1 aliphatic heterocycles. The van der Waals surface area contributed by atoms with Crippen molar-refractivity contribution in [2.45, 2.75) is 12.6 Å². The van der Waals surface area contributed by atoms with Crippen LogP contribution in [0.5, 0.6) is 0 Å². The van der Waals surface area contributed by atoms with E-state index in [1.165, 1.54) is 6.07 Å². The highest BCUT2D eigenvalue weighted by atomic mass is 19.1. The van der Waals surface area contributed by atoms with Gasteiger partial charge < -0.3 is 9.64 Å². The molecule has 3 rings (SSSR count). The lowest BCUT2D eigenvalue weighted by molar-refractivity contribution is -0.133. The fourth-order valence-electron chi connectivity index (χ4n) is 3.00. The maximum Gasteiger partial charge on any atom is 0.236 e. The van der Waals surface area contributed by atoms with Crippen molar-refractivity contribution in [1.82, 2.24) is 9.80 Å². The molecule has 1 aliphatic rings. The van der Waals surface area contributed by atoms with Gasteiger partial charge in [0.2, 0.25) is 5.91 Å². The molecule has 4 nitrogen and oxygen atoms in total. The van der Waals surface area contributed by atoms with Crippen LogP contribution in [0.15, 0.2) is 54.6 Å². The lowest BCUT2D eigenvalue weighted by atomic mass is 10.1. The van der Waals surface area contributed by atoms with Crippen LogP contribution in [-0.2, 0) is 16.1 Å². The van der Waals surface area contributed by atoms with Gasteiger partial charge in [-0.2, -0.15) is 0 Å². The van der Waals surface area contributed by atoms with Gasteiger partial charge in [0.1, 0.15) is 5.82 Å². The van der Waals surface area contributed by atoms with Gasteiger partial charge in [-0.1, -0.05) is 48.5 Å². The van der Waals surface area contributed by atoms with Crippen LogP contribution in [0.1, 0.15) is 17.2 Å². The van der Waals surface area contributed by atoms with Crippen molar-refractivity contribution in [3.63, 3.8) is 0 Å². The molecule has 0 aliphatic carbocycles. The largest absolute Gasteiger partial charge is 0.371 e. The van der Waals surface area contributed by atoms with Gasteiger partial charge in [0, 0.05) is 32.2 Å². The second-order valence-electron chi connectivity index (χ2n) is 6.35. The molecular weight excluding hydrogens is 319 g/mol. The van der Waals surface area contributed by atoms with E-state index in [0.717, 1.165) is 12.1 Å². The van der Waals surface area contributed by atoms with Gasteiger partial charge >= 0.3 is 0 Å². The van der Waals surface area contributed by atoms with Gasteiger partial charge in [0.05, 0.1) is 19.3 Å². The van der Waals surface area contributed by atoms with Crippen molar-refractivity contribution in [3.8, 4) is 0 Å². The Kier molecular flexibility index (Phi) is 5.79. The number of halogens is 1. The van der Waals surface area contributed by atoms with Crippen molar-refractivity contribution in [3.05, 3.63) is 71.5 Å². The summed E-state index contributed by atoms with van der Waals surface area (Å²) >= 11 is 0. The third-order valence-corrected chi connectivity index (χ3v) is 4.47. The van der Waals surface area contributed by atoms with Crippen molar-refractivity contribution in [1.29, 1.82) is 0 Å². The van der Waals surface area contributed by atoms with Crippen LogP contribution in [0.3, 0.4) is 0 Å². The number of rotatable bonds is 5. The zero-order chi connectivity index (χ0) is 17.6. The van der Waals surface area contributed by atoms with Crippen molar-refractivity contribution in [2.75, 3.05) is 33.3 Å². The summed E-state index contributed by atoms with van der Waals surface area (Å²) in [4.78, 5) is 16.2. The average molecular weight is 342 g/mol. The number of amides is 1. The smallest absolute Gasteiger partial charge is 0.236 e. The minimum Gasteiger partial charge on any atom is -0.371 e. The van der Waals surface area contributed by atoms with Crippen LogP contribution in [-0.4, -0.2) is 49.0 Å². The number of carbonyl (C=O) groups excluding carboxylic acids is 1. The van der Waals surface area contributed by atoms with E-state index in [1.54, 1.807) is 30.1 Å². The molecule has 1 unspecified atom stereocenters. The predicted octanol–water partition coefficient (Wildman–Crippen LogP) is 2.86. The Hall–Kier alpha value is -2.24. The first-order valence-electron chi connectivity index (χ1n) is 8.50. The summed E-state index contributed by atoms with van der Waals surface area (Å²) in [5.74, 6) is -0.297. The monoisotopic (exact) mass is 342 g/mol. The van der Waals surface area contributed by atoms with Gasteiger partial charge in [0.15, 0.2) is 0 Å². The predicted molar refractivity (Wildman–Crippen MR) is 94.4 cm³/mol. The topological polar surface area (TPSA) is 32.8 Å². The first kappa shape index (κ1) is 17.6. The number of hydrogen-bond donors (Lipinski definition) is 0. The maximum absolute atomic E-state index is 13.7. The zero-order valence-electron chi connectivity index (χ0n) is 14.4. The van der Waals surface area contributed by atoms with Gasteiger partial charge in [-0.15, -0.1) is 0 Å². The molecule has 0 radical (unpaired) electrons. The molecule has 0 saturated carbocycles. The Morgan fingerprint density at radius 1 is 1.20 bits per heavy atom. The van der Waals surface area contributed by atoms with Crippen LogP contribution in [0.2, 0.25) is 0 Å². The molecule has 25 heavy (non-hydrogen) atoms. The summed E-state index contributed by atoms with van der Waals surface area (Å²) < 4.78 is 19.6. The van der Waals surface area contributed by atoms with E-state index in [-0.39, 0.29) is 24.4 Å². The van der Waals surface area contributed by atoms with Crippen molar-refractivity contribution < 1.29 is 13.9 Å². The Labute approximate surface area is 147 Å². The quantitative estimate of drug-likeness (QED) is 0.838. The Morgan fingerprint density at radius 2 is 1.92 bits per heavy atom. The highest BCUT2D eigenvalue weighted by Gasteiger charge is 2.24. The molecule has 0 spiro atoms. The summed E-state index contributed by atoms with van der Waals surface area (Å²) in [7, 11) is 1.71. The third-order valence-electron chi connectivity index (χ3n) is 4.47. The summed E-state index contributed by atoms with van der Waals surface area (Å²) in [6, 6.07) is 16.6. The summed E-state index contributed by atoms with van der Waals surface area (Å²) in [5.41, 5.74) is 1.65. The van der Waals surface area contributed by atoms with E-state index in [4.69, 9.17) is 4.74 Å². The summed E-state index contributed by atoms with van der Waals surface area (Å²) in [6.07, 6.45) is -0.0142. The fraction of sp³-hybridized carbons (Fsp3) is 0.350. The van der Waals surface area contributed by atoms with E-state index in [1.807, 2.05) is 30.3 Å². The standard InChI is InChI=1S/C20H23FN2O2/c1-22(13-17-9-5-6-10-18(17)21)20(24)15-23-11-12-25-19(14-23)16-7-3-2-4-8-16/h2-10,19H,11-15H2,1H3. The van der Waals surface area contributed by atoms with Crippen LogP contribution >= 0.6 is 0 Å². The Balaban J connectivity index is 1.56. The highest BCUT2D eigenvalue weighted by molar-refractivity contribution is 5.78. The lowest BCUT2D eigenvalue weighted by Gasteiger charge is -2.33. The molecule has 5 heteroatoms. The minimum atomic E-state index is -0.280. The number of nitrogens with zero attached hydrogens (tertiary/aromatic N) is 2. The average Bonchev–Trinajstić information content (AvgIpc) is 2.64. The second kappa shape index (κ2) is 8.23. The van der Waals surface area contributed by atoms with Gasteiger partial charge in [-0.3, -0.25) is 9.69 Å². The third kappa shape index (κ3) is 4.65. The van der Waals surface area contributed by atoms with Gasteiger partial charge in [0.25, 0.3) is 0 Å². The molecular formula is C20H23FN2O2. The number of benzene rings is 2. The molecule has 0 aromatic heterocycles. The molecule has 2 aromatic rings. The molecule has 1 fully saturated rings. The van der Waals surface area contributed by atoms with Crippen LogP contribution < -0.4 is 0 Å². The Morgan fingerprint density at radius 3 is 2.68 bits per heavy atom. The van der Waals surface area contributed by atoms with Crippen LogP contribution in [0.25, 0.3) is 0 Å². The highest BCUT2D eigenvalue weighted by Crippen LogP contribution is 2.21. The van der Waals surface area contributed by atoms with Crippen LogP contribution in [0.4, 0.5) is 4.39 Å². The van der Waals surface area contributed by atoms with E-state index in [2.05, 4.69) is 4.90 Å². The zero-order valence-corrected chi connectivity index (χ0v) is 14.4. The fourth-order valence-corrected chi connectivity index (χ4v) is 3.00. The van der Waals surface area contributed by atoms with Crippen molar-refractivity contribution in [2.24, 2.45) is 0 Å². The van der Waals surface area contributed by atoms with E-state index >= 15 is 0 Å². The maximum atomic E-state index is 13.7. The first-order valence-corrected chi connectivity index (χ1v) is 8.50. The van der Waals surface area contributed by atoms with Gasteiger partial charge in [-0.05, 0) is 11.6 Å². The number of morpholine rings is 1. The summed E-state index contributed by atoms with van der Waals surface area (Å²) in [6.45, 7) is 2.60. The number of likely N-dealkylation sites (N-methyl/N-ethyl adjacent to an activating group) is 1. The van der Waals surface area contributed by atoms with Crippen molar-refractivity contribution >= 4 is 5.91 Å². The molecule has 1 amide bonds. The Bertz CT molecular complexity index is 708. The molecule has 0 N–H and O–H groups in total. The van der Waals surface area contributed by atoms with E-state index in [0.29, 0.717) is 25.3 Å². The summed E-state index contributed by atoms with van der Waals surface area (Å²) in [5, 5.41) is 0. The number of hydrogen-bond acceptors (Lipinski definition) is 3. The molecule has 2 aromatic carbocycles. The lowest BCUT2D eigenvalue weighted by Crippen LogP contribution is -2.44. The minimum absolute atomic E-state index is 0.0142. The SMILES string of the molecule is CN(Cc1ccccc1F)C(=O)CN1CCOC(c2ccccc2)C1.